The predicted octanol–water partition coefficient (Wildman–Crippen LogP) is 3.28. The molecule has 3 rings (SSSR count). The largest absolute Gasteiger partial charge is 0.490 e. The molecule has 4 N–H and O–H groups in total. The lowest BCUT2D eigenvalue weighted by Crippen LogP contribution is -2.28. The number of fused-ring (bicyclic) bond motifs is 1. The highest BCUT2D eigenvalue weighted by Gasteiger charge is 2.11. The molecular weight excluding hydrogens is 495 g/mol. The van der Waals surface area contributed by atoms with E-state index in [0.717, 1.165) is 17.9 Å². The number of halogens is 2. The number of nitrogens with zero attached hydrogens (tertiary/aromatic N) is 1. The van der Waals surface area contributed by atoms with Crippen molar-refractivity contribution in [3.8, 4) is 11.5 Å². The molecule has 2 aromatic carbocycles. The molecule has 0 unspecified atom stereocenters. The van der Waals surface area contributed by atoms with Gasteiger partial charge in [0, 0.05) is 35.3 Å². The molecule has 7 nitrogen and oxygen atoms in total. The highest BCUT2D eigenvalue weighted by atomic mass is 127. The number of hydrogen-bond donors (Lipinski definition) is 3. The summed E-state index contributed by atoms with van der Waals surface area (Å²) in [7, 11) is 0. The van der Waals surface area contributed by atoms with Crippen LogP contribution in [0.15, 0.2) is 47.5 Å². The van der Waals surface area contributed by atoms with E-state index in [-0.39, 0.29) is 35.8 Å². The molecule has 2 aromatic rings. The lowest BCUT2D eigenvalue weighted by molar-refractivity contribution is 0.0955. The maximum atomic E-state index is 12.0. The van der Waals surface area contributed by atoms with Gasteiger partial charge in [0.1, 0.15) is 0 Å². The minimum absolute atomic E-state index is 0. The van der Waals surface area contributed by atoms with Crippen molar-refractivity contribution in [1.82, 2.24) is 5.32 Å². The van der Waals surface area contributed by atoms with Gasteiger partial charge in [-0.15, -0.1) is 24.0 Å². The number of hydrogen-bond acceptors (Lipinski definition) is 4. The van der Waals surface area contributed by atoms with Crippen LogP contribution in [-0.4, -0.2) is 38.2 Å². The second kappa shape index (κ2) is 11.0. The van der Waals surface area contributed by atoms with Crippen molar-refractivity contribution in [1.29, 1.82) is 0 Å². The summed E-state index contributed by atoms with van der Waals surface area (Å²) < 4.78 is 11.2. The van der Waals surface area contributed by atoms with Gasteiger partial charge in [-0.25, -0.2) is 0 Å². The molecule has 9 heteroatoms. The Hall–Kier alpha value is -2.20. The normalized spacial score (nSPS) is 13.1. The molecule has 1 amide bonds. The van der Waals surface area contributed by atoms with Crippen molar-refractivity contribution in [3.63, 3.8) is 0 Å². The summed E-state index contributed by atoms with van der Waals surface area (Å²) in [5.74, 6) is 1.47. The molecule has 0 saturated carbocycles. The van der Waals surface area contributed by atoms with E-state index in [1.807, 2.05) is 18.2 Å². The van der Waals surface area contributed by atoms with Gasteiger partial charge in [-0.3, -0.25) is 9.79 Å². The van der Waals surface area contributed by atoms with Gasteiger partial charge in [0.2, 0.25) is 0 Å². The molecule has 28 heavy (non-hydrogen) atoms. The van der Waals surface area contributed by atoms with Gasteiger partial charge < -0.3 is 25.8 Å². The van der Waals surface area contributed by atoms with E-state index in [0.29, 0.717) is 42.6 Å². The monoisotopic (exact) mass is 516 g/mol. The van der Waals surface area contributed by atoms with Gasteiger partial charge in [0.05, 0.1) is 19.8 Å². The zero-order chi connectivity index (χ0) is 19.1. The summed E-state index contributed by atoms with van der Waals surface area (Å²) in [6.45, 7) is 1.98. The van der Waals surface area contributed by atoms with Gasteiger partial charge in [-0.1, -0.05) is 11.6 Å². The molecule has 150 valence electrons. The molecular formula is C19H22ClIN4O3. The van der Waals surface area contributed by atoms with Crippen molar-refractivity contribution >= 4 is 53.1 Å². The Morgan fingerprint density at radius 3 is 2.57 bits per heavy atom. The maximum Gasteiger partial charge on any atom is 0.251 e. The first-order chi connectivity index (χ1) is 13.1. The SMILES string of the molecule is I.NC(=NCCNC(=O)c1ccc(Cl)cc1)Nc1ccc2c(c1)OCCCO2. The molecule has 1 heterocycles. The first-order valence-corrected chi connectivity index (χ1v) is 9.00. The van der Waals surface area contributed by atoms with E-state index in [1.165, 1.54) is 0 Å². The number of carbonyl (C=O) groups excluding carboxylic acids is 1. The van der Waals surface area contributed by atoms with Crippen molar-refractivity contribution in [2.75, 3.05) is 31.6 Å². The third-order valence-corrected chi connectivity index (χ3v) is 4.06. The van der Waals surface area contributed by atoms with Crippen molar-refractivity contribution < 1.29 is 14.3 Å². The molecule has 0 atom stereocenters. The van der Waals surface area contributed by atoms with Crippen LogP contribution >= 0.6 is 35.6 Å². The van der Waals surface area contributed by atoms with Crippen LogP contribution in [0, 0.1) is 0 Å². The molecule has 0 fully saturated rings. The third-order valence-electron chi connectivity index (χ3n) is 3.81. The maximum absolute atomic E-state index is 12.0. The van der Waals surface area contributed by atoms with E-state index in [4.69, 9.17) is 26.8 Å². The molecule has 0 saturated heterocycles. The fraction of sp³-hybridized carbons (Fsp3) is 0.263. The van der Waals surface area contributed by atoms with Gasteiger partial charge >= 0.3 is 0 Å². The van der Waals surface area contributed by atoms with Crippen LogP contribution in [0.4, 0.5) is 5.69 Å². The molecule has 1 aliphatic heterocycles. The number of nitrogens with two attached hydrogens (primary N) is 1. The van der Waals surface area contributed by atoms with E-state index < -0.39 is 0 Å². The lowest BCUT2D eigenvalue weighted by atomic mass is 10.2. The average Bonchev–Trinajstić information content (AvgIpc) is 2.90. The minimum Gasteiger partial charge on any atom is -0.490 e. The molecule has 1 aliphatic rings. The van der Waals surface area contributed by atoms with Crippen LogP contribution in [0.5, 0.6) is 11.5 Å². The van der Waals surface area contributed by atoms with E-state index in [1.54, 1.807) is 24.3 Å². The summed E-state index contributed by atoms with van der Waals surface area (Å²) in [5.41, 5.74) is 7.20. The number of rotatable bonds is 5. The summed E-state index contributed by atoms with van der Waals surface area (Å²) in [6, 6.07) is 12.2. The Morgan fingerprint density at radius 2 is 1.82 bits per heavy atom. The van der Waals surface area contributed by atoms with Gasteiger partial charge in [-0.05, 0) is 36.4 Å². The van der Waals surface area contributed by atoms with Crippen LogP contribution in [0.25, 0.3) is 0 Å². The Kier molecular flexibility index (Phi) is 8.65. The number of nitrogens with one attached hydrogen (secondary N) is 2. The quantitative estimate of drug-likeness (QED) is 0.245. The van der Waals surface area contributed by atoms with E-state index in [2.05, 4.69) is 15.6 Å². The number of guanidine groups is 1. The zero-order valence-electron chi connectivity index (χ0n) is 15.1. The predicted molar refractivity (Wildman–Crippen MR) is 121 cm³/mol. The number of ether oxygens (including phenoxy) is 2. The van der Waals surface area contributed by atoms with Gasteiger partial charge in [0.15, 0.2) is 17.5 Å². The Balaban J connectivity index is 0.00000280. The average molecular weight is 517 g/mol. The second-order valence-corrected chi connectivity index (χ2v) is 6.30. The van der Waals surface area contributed by atoms with Crippen LogP contribution in [-0.2, 0) is 0 Å². The summed E-state index contributed by atoms with van der Waals surface area (Å²) in [6.07, 6.45) is 0.850. The van der Waals surface area contributed by atoms with Crippen LogP contribution in [0.1, 0.15) is 16.8 Å². The summed E-state index contributed by atoms with van der Waals surface area (Å²) in [5, 5.41) is 6.37. The van der Waals surface area contributed by atoms with Crippen LogP contribution in [0.3, 0.4) is 0 Å². The Bertz CT molecular complexity index is 830. The third kappa shape index (κ3) is 6.45. The van der Waals surface area contributed by atoms with Crippen molar-refractivity contribution in [2.24, 2.45) is 10.7 Å². The summed E-state index contributed by atoms with van der Waals surface area (Å²) in [4.78, 5) is 16.2. The first-order valence-electron chi connectivity index (χ1n) is 8.62. The molecule has 0 radical (unpaired) electrons. The van der Waals surface area contributed by atoms with E-state index >= 15 is 0 Å². The molecule has 0 aromatic heterocycles. The Morgan fingerprint density at radius 1 is 1.11 bits per heavy atom. The van der Waals surface area contributed by atoms with Crippen LogP contribution in [0.2, 0.25) is 5.02 Å². The lowest BCUT2D eigenvalue weighted by Gasteiger charge is -2.11. The standard InChI is InChI=1S/C19H21ClN4O3.HI/c20-14-4-2-13(3-5-14)18(25)22-8-9-23-19(21)24-15-6-7-16-17(12-15)27-11-1-10-26-16;/h2-7,12H,1,8-11H2,(H,22,25)(H3,21,23,24);1H. The van der Waals surface area contributed by atoms with Gasteiger partial charge in [-0.2, -0.15) is 0 Å². The zero-order valence-corrected chi connectivity index (χ0v) is 18.2. The number of amides is 1. The van der Waals surface area contributed by atoms with Gasteiger partial charge in [0.25, 0.3) is 5.91 Å². The Labute approximate surface area is 185 Å². The minimum atomic E-state index is -0.184. The fourth-order valence-corrected chi connectivity index (χ4v) is 2.60. The van der Waals surface area contributed by atoms with Crippen molar-refractivity contribution in [2.45, 2.75) is 6.42 Å². The number of aliphatic imine (C=N–C) groups is 1. The molecule has 0 spiro atoms. The summed E-state index contributed by atoms with van der Waals surface area (Å²) >= 11 is 5.81. The topological polar surface area (TPSA) is 98.0 Å². The first kappa shape index (κ1) is 22.1. The number of benzene rings is 2. The van der Waals surface area contributed by atoms with E-state index in [9.17, 15) is 4.79 Å². The highest BCUT2D eigenvalue weighted by molar-refractivity contribution is 14.0. The molecule has 0 aliphatic carbocycles. The number of carbonyl (C=O) groups is 1. The highest BCUT2D eigenvalue weighted by Crippen LogP contribution is 2.32. The second-order valence-electron chi connectivity index (χ2n) is 5.87. The smallest absolute Gasteiger partial charge is 0.251 e. The number of anilines is 1. The van der Waals surface area contributed by atoms with Crippen LogP contribution < -0.4 is 25.8 Å². The molecule has 0 bridgehead atoms. The fourth-order valence-electron chi connectivity index (χ4n) is 2.48. The van der Waals surface area contributed by atoms with Crippen molar-refractivity contribution in [3.05, 3.63) is 53.1 Å².